The van der Waals surface area contributed by atoms with Crippen LogP contribution in [0.2, 0.25) is 5.15 Å². The van der Waals surface area contributed by atoms with Crippen molar-refractivity contribution in [1.29, 1.82) is 0 Å². The minimum Gasteiger partial charge on any atom is -0.367 e. The second-order valence-electron chi connectivity index (χ2n) is 5.60. The number of anilines is 1. The molecule has 0 saturated heterocycles. The summed E-state index contributed by atoms with van der Waals surface area (Å²) in [6.07, 6.45) is 9.42. The summed E-state index contributed by atoms with van der Waals surface area (Å²) >= 11 is 6.21. The molecule has 0 amide bonds. The molecule has 5 nitrogen and oxygen atoms in total. The summed E-state index contributed by atoms with van der Waals surface area (Å²) in [6.45, 7) is 1.65. The number of rotatable bonds is 3. The zero-order chi connectivity index (χ0) is 15.6. The number of hydrogen-bond acceptors (Lipinski definition) is 4. The molecule has 0 unspecified atom stereocenters. The molecule has 6 heteroatoms. The number of halogens is 1. The Kier molecular flexibility index (Phi) is 3.71. The first-order chi connectivity index (χ1) is 11.3. The quantitative estimate of drug-likeness (QED) is 0.749. The van der Waals surface area contributed by atoms with Crippen LogP contribution in [0.5, 0.6) is 0 Å². The van der Waals surface area contributed by atoms with Gasteiger partial charge in [0.25, 0.3) is 0 Å². The molecule has 23 heavy (non-hydrogen) atoms. The Morgan fingerprint density at radius 2 is 2.22 bits per heavy atom. The third-order valence-electron chi connectivity index (χ3n) is 4.06. The fourth-order valence-corrected chi connectivity index (χ4v) is 3.08. The van der Waals surface area contributed by atoms with Crippen LogP contribution in [0.25, 0.3) is 11.3 Å². The number of aromatic nitrogens is 4. The van der Waals surface area contributed by atoms with E-state index in [4.69, 9.17) is 16.6 Å². The summed E-state index contributed by atoms with van der Waals surface area (Å²) in [5.74, 6) is 0.954. The maximum Gasteiger partial charge on any atom is 0.151 e. The zero-order valence-corrected chi connectivity index (χ0v) is 13.3. The van der Waals surface area contributed by atoms with Gasteiger partial charge in [0, 0.05) is 42.8 Å². The van der Waals surface area contributed by atoms with E-state index in [9.17, 15) is 0 Å². The number of aromatic amines is 1. The number of hydrogen-bond donors (Lipinski definition) is 1. The molecule has 1 N–H and O–H groups in total. The third-order valence-corrected chi connectivity index (χ3v) is 4.40. The van der Waals surface area contributed by atoms with Gasteiger partial charge in [0.1, 0.15) is 5.15 Å². The number of fused-ring (bicyclic) bond motifs is 1. The summed E-state index contributed by atoms with van der Waals surface area (Å²) in [5, 5.41) is 0.550. The Labute approximate surface area is 139 Å². The van der Waals surface area contributed by atoms with E-state index in [2.05, 4.69) is 19.9 Å². The van der Waals surface area contributed by atoms with Gasteiger partial charge in [0.2, 0.25) is 0 Å². The Hall–Kier alpha value is -2.40. The minimum absolute atomic E-state index is 0.550. The summed E-state index contributed by atoms with van der Waals surface area (Å²) in [7, 11) is 0. The number of nitrogens with one attached hydrogen (secondary N) is 1. The van der Waals surface area contributed by atoms with Crippen molar-refractivity contribution in [2.24, 2.45) is 0 Å². The maximum absolute atomic E-state index is 6.21. The highest BCUT2D eigenvalue weighted by Gasteiger charge is 2.21. The number of pyridine rings is 1. The molecule has 0 atom stereocenters. The average molecular weight is 326 g/mol. The van der Waals surface area contributed by atoms with E-state index in [1.54, 1.807) is 6.20 Å². The molecule has 0 fully saturated rings. The van der Waals surface area contributed by atoms with E-state index < -0.39 is 0 Å². The van der Waals surface area contributed by atoms with Gasteiger partial charge in [0.05, 0.1) is 17.6 Å². The van der Waals surface area contributed by atoms with Crippen molar-refractivity contribution in [3.05, 3.63) is 59.4 Å². The standard InChI is InChI=1S/C17H16ClN5/c18-16-13(3-1-6-20-16)11-23-8-2-4-14-17(23)22-15(10-21-14)12-5-7-19-9-12/h1,3,5-7,9-10,19H,2,4,8,11H2. The predicted octanol–water partition coefficient (Wildman–Crippen LogP) is 3.47. The van der Waals surface area contributed by atoms with Crippen molar-refractivity contribution >= 4 is 17.4 Å². The third kappa shape index (κ3) is 2.80. The molecule has 3 aromatic heterocycles. The molecular formula is C17H16ClN5. The fraction of sp³-hybridized carbons (Fsp3) is 0.235. The highest BCUT2D eigenvalue weighted by molar-refractivity contribution is 6.30. The first kappa shape index (κ1) is 14.2. The summed E-state index contributed by atoms with van der Waals surface area (Å²) in [4.78, 5) is 18.9. The monoisotopic (exact) mass is 325 g/mol. The van der Waals surface area contributed by atoms with Gasteiger partial charge in [-0.2, -0.15) is 0 Å². The Morgan fingerprint density at radius 3 is 3.04 bits per heavy atom. The molecule has 1 aliphatic heterocycles. The van der Waals surface area contributed by atoms with Crippen LogP contribution in [0.3, 0.4) is 0 Å². The lowest BCUT2D eigenvalue weighted by Gasteiger charge is -2.29. The van der Waals surface area contributed by atoms with Gasteiger partial charge < -0.3 is 9.88 Å². The Balaban J connectivity index is 1.69. The van der Waals surface area contributed by atoms with E-state index >= 15 is 0 Å². The smallest absolute Gasteiger partial charge is 0.151 e. The van der Waals surface area contributed by atoms with Crippen molar-refractivity contribution < 1.29 is 0 Å². The van der Waals surface area contributed by atoms with Gasteiger partial charge in [-0.3, -0.25) is 4.98 Å². The van der Waals surface area contributed by atoms with Gasteiger partial charge in [0.15, 0.2) is 5.82 Å². The van der Waals surface area contributed by atoms with E-state index in [1.165, 1.54) is 0 Å². The van der Waals surface area contributed by atoms with Crippen LogP contribution in [-0.4, -0.2) is 26.5 Å². The summed E-state index contributed by atoms with van der Waals surface area (Å²) in [6, 6.07) is 5.92. The maximum atomic E-state index is 6.21. The minimum atomic E-state index is 0.550. The van der Waals surface area contributed by atoms with Gasteiger partial charge >= 0.3 is 0 Å². The van der Waals surface area contributed by atoms with Crippen molar-refractivity contribution in [3.8, 4) is 11.3 Å². The largest absolute Gasteiger partial charge is 0.367 e. The normalized spacial score (nSPS) is 13.9. The molecule has 116 valence electrons. The van der Waals surface area contributed by atoms with Crippen LogP contribution < -0.4 is 4.90 Å². The topological polar surface area (TPSA) is 57.7 Å². The van der Waals surface area contributed by atoms with Crippen LogP contribution >= 0.6 is 11.6 Å². The Bertz CT molecular complexity index is 816. The molecule has 0 spiro atoms. The lowest BCUT2D eigenvalue weighted by atomic mass is 10.1. The lowest BCUT2D eigenvalue weighted by Crippen LogP contribution is -2.30. The highest BCUT2D eigenvalue weighted by Crippen LogP contribution is 2.28. The second-order valence-corrected chi connectivity index (χ2v) is 5.96. The van der Waals surface area contributed by atoms with Crippen LogP contribution in [0.4, 0.5) is 5.82 Å². The highest BCUT2D eigenvalue weighted by atomic mass is 35.5. The van der Waals surface area contributed by atoms with Crippen molar-refractivity contribution in [3.63, 3.8) is 0 Å². The van der Waals surface area contributed by atoms with E-state index in [1.807, 2.05) is 36.8 Å². The van der Waals surface area contributed by atoms with E-state index in [0.29, 0.717) is 11.7 Å². The fourth-order valence-electron chi connectivity index (χ4n) is 2.90. The molecule has 4 rings (SSSR count). The molecule has 3 aromatic rings. The summed E-state index contributed by atoms with van der Waals surface area (Å²) < 4.78 is 0. The zero-order valence-electron chi connectivity index (χ0n) is 12.5. The van der Waals surface area contributed by atoms with Crippen molar-refractivity contribution in [2.75, 3.05) is 11.4 Å². The van der Waals surface area contributed by atoms with Crippen LogP contribution in [0.15, 0.2) is 43.0 Å². The summed E-state index contributed by atoms with van der Waals surface area (Å²) in [5.41, 5.74) is 3.99. The van der Waals surface area contributed by atoms with Crippen LogP contribution in [0, 0.1) is 0 Å². The van der Waals surface area contributed by atoms with Crippen LogP contribution in [0.1, 0.15) is 17.7 Å². The van der Waals surface area contributed by atoms with Gasteiger partial charge in [-0.05, 0) is 25.0 Å². The Morgan fingerprint density at radius 1 is 1.26 bits per heavy atom. The molecule has 0 radical (unpaired) electrons. The molecule has 1 aliphatic rings. The first-order valence-electron chi connectivity index (χ1n) is 7.65. The number of aryl methyl sites for hydroxylation is 1. The van der Waals surface area contributed by atoms with Gasteiger partial charge in [-0.25, -0.2) is 9.97 Å². The van der Waals surface area contributed by atoms with Gasteiger partial charge in [-0.1, -0.05) is 17.7 Å². The SMILES string of the molecule is Clc1ncccc1CN1CCCc2ncc(-c3cc[nH]c3)nc21. The van der Waals surface area contributed by atoms with Crippen molar-refractivity contribution in [1.82, 2.24) is 19.9 Å². The molecule has 0 saturated carbocycles. The van der Waals surface area contributed by atoms with Gasteiger partial charge in [-0.15, -0.1) is 0 Å². The van der Waals surface area contributed by atoms with E-state index in [0.717, 1.165) is 47.7 Å². The van der Waals surface area contributed by atoms with Crippen molar-refractivity contribution in [2.45, 2.75) is 19.4 Å². The molecule has 0 bridgehead atoms. The molecule has 0 aromatic carbocycles. The predicted molar refractivity (Wildman–Crippen MR) is 90.4 cm³/mol. The molecule has 4 heterocycles. The van der Waals surface area contributed by atoms with E-state index in [-0.39, 0.29) is 0 Å². The molecular weight excluding hydrogens is 310 g/mol. The first-order valence-corrected chi connectivity index (χ1v) is 8.02. The van der Waals surface area contributed by atoms with Crippen LogP contribution in [-0.2, 0) is 13.0 Å². The lowest BCUT2D eigenvalue weighted by molar-refractivity contribution is 0.663. The number of nitrogens with zero attached hydrogens (tertiary/aromatic N) is 4. The average Bonchev–Trinajstić information content (AvgIpc) is 3.11. The number of H-pyrrole nitrogens is 1. The molecule has 0 aliphatic carbocycles. The second kappa shape index (κ2) is 6.01.